The molecule has 260 valence electrons. The maximum atomic E-state index is 13.8. The van der Waals surface area contributed by atoms with Crippen molar-refractivity contribution in [3.63, 3.8) is 0 Å². The number of benzene rings is 4. The van der Waals surface area contributed by atoms with Crippen molar-refractivity contribution < 1.29 is 29.1 Å². The molecule has 0 saturated heterocycles. The standard InChI is InChI=1S/C39H43N5O6/c1-4-22-42(38(49)30-14-20-33(21-15-30)43(35(45)23-40)26-28-8-6-5-7-9-28)32-18-12-31(13-19-32)39(50)44(25-27(2)3)34-16-10-29(11-17-34)37(48)41-24-36(46)47/h5-21,27H,4,22-26,40H2,1-3H3,(H,41,48)(H,46,47). The molecular formula is C39H43N5O6. The molecule has 11 nitrogen and oxygen atoms in total. The van der Waals surface area contributed by atoms with E-state index in [-0.39, 0.29) is 35.7 Å². The van der Waals surface area contributed by atoms with Crippen LogP contribution in [-0.4, -0.2) is 60.9 Å². The van der Waals surface area contributed by atoms with E-state index in [9.17, 15) is 24.0 Å². The fraction of sp³-hybridized carbons (Fsp3) is 0.256. The van der Waals surface area contributed by atoms with Gasteiger partial charge in [-0.15, -0.1) is 0 Å². The van der Waals surface area contributed by atoms with Gasteiger partial charge in [-0.3, -0.25) is 24.0 Å². The quantitative estimate of drug-likeness (QED) is 0.153. The minimum Gasteiger partial charge on any atom is -0.480 e. The average Bonchev–Trinajstić information content (AvgIpc) is 3.13. The molecular weight excluding hydrogens is 634 g/mol. The summed E-state index contributed by atoms with van der Waals surface area (Å²) >= 11 is 0. The van der Waals surface area contributed by atoms with Crippen molar-refractivity contribution in [2.45, 2.75) is 33.7 Å². The van der Waals surface area contributed by atoms with Crippen molar-refractivity contribution in [3.8, 4) is 0 Å². The number of carboxylic acids is 1. The third kappa shape index (κ3) is 9.64. The molecule has 0 fully saturated rings. The second-order valence-electron chi connectivity index (χ2n) is 12.2. The summed E-state index contributed by atoms with van der Waals surface area (Å²) in [6, 6.07) is 29.8. The van der Waals surface area contributed by atoms with Crippen molar-refractivity contribution >= 4 is 46.7 Å². The lowest BCUT2D eigenvalue weighted by atomic mass is 10.1. The Kier molecular flexibility index (Phi) is 13.0. The van der Waals surface area contributed by atoms with Gasteiger partial charge in [-0.1, -0.05) is 51.1 Å². The lowest BCUT2D eigenvalue weighted by Gasteiger charge is -2.26. The lowest BCUT2D eigenvalue weighted by molar-refractivity contribution is -0.135. The highest BCUT2D eigenvalue weighted by molar-refractivity contribution is 6.08. The normalized spacial score (nSPS) is 10.7. The van der Waals surface area contributed by atoms with Crippen LogP contribution in [-0.2, 0) is 16.1 Å². The fourth-order valence-corrected chi connectivity index (χ4v) is 5.37. The van der Waals surface area contributed by atoms with Crippen LogP contribution in [0.2, 0.25) is 0 Å². The number of nitrogens with two attached hydrogens (primary N) is 1. The zero-order valence-electron chi connectivity index (χ0n) is 28.5. The number of rotatable bonds is 15. The van der Waals surface area contributed by atoms with Gasteiger partial charge in [-0.05, 0) is 90.7 Å². The Hall–Kier alpha value is -5.81. The molecule has 0 aliphatic heterocycles. The summed E-state index contributed by atoms with van der Waals surface area (Å²) in [7, 11) is 0. The number of nitrogens with zero attached hydrogens (tertiary/aromatic N) is 3. The minimum absolute atomic E-state index is 0.139. The van der Waals surface area contributed by atoms with Gasteiger partial charge in [-0.25, -0.2) is 0 Å². The maximum absolute atomic E-state index is 13.8. The summed E-state index contributed by atoms with van der Waals surface area (Å²) in [4.78, 5) is 68.2. The molecule has 0 saturated carbocycles. The van der Waals surface area contributed by atoms with E-state index >= 15 is 0 Å². The Bertz CT molecular complexity index is 1770. The number of carbonyl (C=O) groups is 5. The van der Waals surface area contributed by atoms with Gasteiger partial charge in [-0.2, -0.15) is 0 Å². The molecule has 0 aliphatic rings. The second-order valence-corrected chi connectivity index (χ2v) is 12.2. The van der Waals surface area contributed by atoms with Crippen LogP contribution in [0.25, 0.3) is 0 Å². The highest BCUT2D eigenvalue weighted by Crippen LogP contribution is 2.25. The molecule has 0 unspecified atom stereocenters. The zero-order valence-corrected chi connectivity index (χ0v) is 28.5. The van der Waals surface area contributed by atoms with Crippen molar-refractivity contribution in [2.75, 3.05) is 40.9 Å². The largest absolute Gasteiger partial charge is 0.480 e. The molecule has 0 aliphatic carbocycles. The van der Waals surface area contributed by atoms with E-state index < -0.39 is 18.4 Å². The summed E-state index contributed by atoms with van der Waals surface area (Å²) in [6.07, 6.45) is 0.701. The topological polar surface area (TPSA) is 153 Å². The van der Waals surface area contributed by atoms with E-state index in [2.05, 4.69) is 5.32 Å². The van der Waals surface area contributed by atoms with Crippen LogP contribution in [0.1, 0.15) is 63.8 Å². The minimum atomic E-state index is -1.14. The first-order valence-corrected chi connectivity index (χ1v) is 16.5. The van der Waals surface area contributed by atoms with Crippen LogP contribution in [0, 0.1) is 5.92 Å². The predicted molar refractivity (Wildman–Crippen MR) is 194 cm³/mol. The zero-order chi connectivity index (χ0) is 36.2. The van der Waals surface area contributed by atoms with Gasteiger partial charge < -0.3 is 30.9 Å². The maximum Gasteiger partial charge on any atom is 0.322 e. The molecule has 4 N–H and O–H groups in total. The molecule has 4 aromatic carbocycles. The lowest BCUT2D eigenvalue weighted by Crippen LogP contribution is -2.35. The van der Waals surface area contributed by atoms with Gasteiger partial charge in [0.05, 0.1) is 13.1 Å². The first-order chi connectivity index (χ1) is 24.0. The van der Waals surface area contributed by atoms with Gasteiger partial charge in [0.15, 0.2) is 0 Å². The van der Waals surface area contributed by atoms with E-state index in [0.717, 1.165) is 5.56 Å². The average molecular weight is 678 g/mol. The second kappa shape index (κ2) is 17.5. The Labute approximate surface area is 292 Å². The van der Waals surface area contributed by atoms with Crippen LogP contribution < -0.4 is 25.8 Å². The molecule has 4 amide bonds. The van der Waals surface area contributed by atoms with Crippen LogP contribution in [0.15, 0.2) is 103 Å². The van der Waals surface area contributed by atoms with E-state index in [1.165, 1.54) is 0 Å². The summed E-state index contributed by atoms with van der Waals surface area (Å²) in [5.74, 6) is -2.23. The van der Waals surface area contributed by atoms with E-state index in [4.69, 9.17) is 10.8 Å². The van der Waals surface area contributed by atoms with Crippen molar-refractivity contribution in [1.82, 2.24) is 5.32 Å². The van der Waals surface area contributed by atoms with Gasteiger partial charge in [0, 0.05) is 46.8 Å². The van der Waals surface area contributed by atoms with Gasteiger partial charge in [0.25, 0.3) is 17.7 Å². The Balaban J connectivity index is 1.52. The Morgan fingerprint density at radius 1 is 0.680 bits per heavy atom. The highest BCUT2D eigenvalue weighted by atomic mass is 16.4. The number of amides is 4. The first kappa shape index (κ1) is 37.0. The van der Waals surface area contributed by atoms with Gasteiger partial charge in [0.2, 0.25) is 5.91 Å². The van der Waals surface area contributed by atoms with Crippen LogP contribution >= 0.6 is 0 Å². The molecule has 4 rings (SSSR count). The third-order valence-corrected chi connectivity index (χ3v) is 7.84. The molecule has 0 aromatic heterocycles. The molecule has 0 bridgehead atoms. The first-order valence-electron chi connectivity index (χ1n) is 16.5. The van der Waals surface area contributed by atoms with Gasteiger partial charge >= 0.3 is 5.97 Å². The monoisotopic (exact) mass is 677 g/mol. The molecule has 0 spiro atoms. The highest BCUT2D eigenvalue weighted by Gasteiger charge is 2.23. The summed E-state index contributed by atoms with van der Waals surface area (Å²) in [5, 5.41) is 11.2. The third-order valence-electron chi connectivity index (χ3n) is 7.84. The number of carbonyl (C=O) groups excluding carboxylic acids is 4. The number of hydrogen-bond acceptors (Lipinski definition) is 6. The van der Waals surface area contributed by atoms with Crippen molar-refractivity contribution in [3.05, 3.63) is 125 Å². The molecule has 50 heavy (non-hydrogen) atoms. The van der Waals surface area contributed by atoms with Crippen LogP contribution in [0.5, 0.6) is 0 Å². The summed E-state index contributed by atoms with van der Waals surface area (Å²) < 4.78 is 0. The molecule has 0 atom stereocenters. The Morgan fingerprint density at radius 3 is 1.64 bits per heavy atom. The molecule has 0 radical (unpaired) electrons. The number of hydrogen-bond donors (Lipinski definition) is 3. The predicted octanol–water partition coefficient (Wildman–Crippen LogP) is 5.35. The Morgan fingerprint density at radius 2 is 1.16 bits per heavy atom. The van der Waals surface area contributed by atoms with E-state index in [1.807, 2.05) is 51.1 Å². The SMILES string of the molecule is CCCN(C(=O)c1ccc(N(Cc2ccccc2)C(=O)CN)cc1)c1ccc(C(=O)N(CC(C)C)c2ccc(C(=O)NCC(=O)O)cc2)cc1. The molecule has 0 heterocycles. The van der Waals surface area contributed by atoms with Gasteiger partial charge in [0.1, 0.15) is 6.54 Å². The van der Waals surface area contributed by atoms with Crippen molar-refractivity contribution in [2.24, 2.45) is 11.7 Å². The van der Waals surface area contributed by atoms with E-state index in [0.29, 0.717) is 54.2 Å². The number of carboxylic acid groups (broad SMARTS) is 1. The number of aliphatic carboxylic acids is 1. The van der Waals surface area contributed by atoms with Crippen LogP contribution in [0.3, 0.4) is 0 Å². The van der Waals surface area contributed by atoms with Crippen molar-refractivity contribution in [1.29, 1.82) is 0 Å². The fourth-order valence-electron chi connectivity index (χ4n) is 5.37. The molecule has 11 heteroatoms. The summed E-state index contributed by atoms with van der Waals surface area (Å²) in [6.45, 7) is 6.55. The number of nitrogens with one attached hydrogen (secondary N) is 1. The van der Waals surface area contributed by atoms with Crippen LogP contribution in [0.4, 0.5) is 17.1 Å². The van der Waals surface area contributed by atoms with E-state index in [1.54, 1.807) is 87.5 Å². The number of anilines is 3. The smallest absolute Gasteiger partial charge is 0.322 e. The molecule has 4 aromatic rings. The summed E-state index contributed by atoms with van der Waals surface area (Å²) in [5.41, 5.74) is 9.66.